The zero-order chi connectivity index (χ0) is 17.0. The van der Waals surface area contributed by atoms with E-state index in [9.17, 15) is 4.79 Å². The minimum Gasteiger partial charge on any atom is -0.457 e. The molecule has 2 aliphatic rings. The number of carbonyl (C=O) groups excluding carboxylic acids is 1. The summed E-state index contributed by atoms with van der Waals surface area (Å²) in [5.41, 5.74) is 12.1. The van der Waals surface area contributed by atoms with Crippen LogP contribution < -0.4 is 21.5 Å². The average molecular weight is 315 g/mol. The molecule has 0 saturated carbocycles. The maximum atomic E-state index is 11.9. The van der Waals surface area contributed by atoms with Crippen molar-refractivity contribution in [2.45, 2.75) is 38.8 Å². The molecule has 1 spiro atoms. The molecule has 0 radical (unpaired) electrons. The van der Waals surface area contributed by atoms with Gasteiger partial charge in [-0.3, -0.25) is 4.79 Å². The summed E-state index contributed by atoms with van der Waals surface area (Å²) in [7, 11) is 0. The highest BCUT2D eigenvalue weighted by Gasteiger charge is 2.48. The summed E-state index contributed by atoms with van der Waals surface area (Å²) in [6.07, 6.45) is 1.67. The van der Waals surface area contributed by atoms with Gasteiger partial charge in [-0.2, -0.15) is 0 Å². The number of rotatable bonds is 1. The molecule has 6 nitrogen and oxygen atoms in total. The number of fused-ring (bicyclic) bond motifs is 1. The number of benzene rings is 1. The molecule has 6 heteroatoms. The van der Waals surface area contributed by atoms with Crippen LogP contribution in [0.15, 0.2) is 41.5 Å². The predicted molar refractivity (Wildman–Crippen MR) is 87.4 cm³/mol. The molecular formula is C17H21N3O3. The van der Waals surface area contributed by atoms with Crippen molar-refractivity contribution in [3.63, 3.8) is 0 Å². The van der Waals surface area contributed by atoms with Gasteiger partial charge in [0.05, 0.1) is 5.69 Å². The summed E-state index contributed by atoms with van der Waals surface area (Å²) < 4.78 is 11.3. The molecule has 0 bridgehead atoms. The van der Waals surface area contributed by atoms with Gasteiger partial charge in [0.1, 0.15) is 17.1 Å². The normalized spacial score (nSPS) is 22.9. The lowest BCUT2D eigenvalue weighted by Gasteiger charge is -2.31. The summed E-state index contributed by atoms with van der Waals surface area (Å²) in [6.45, 7) is 8.13. The molecule has 23 heavy (non-hydrogen) atoms. The highest BCUT2D eigenvalue weighted by atomic mass is 16.5. The molecule has 0 saturated heterocycles. The van der Waals surface area contributed by atoms with E-state index in [4.69, 9.17) is 20.9 Å². The maximum Gasteiger partial charge on any atom is 0.256 e. The number of allylic oxidation sites excluding steroid dienone is 1. The van der Waals surface area contributed by atoms with E-state index in [0.29, 0.717) is 11.5 Å². The maximum absolute atomic E-state index is 11.9. The van der Waals surface area contributed by atoms with Crippen LogP contribution >= 0.6 is 0 Å². The summed E-state index contributed by atoms with van der Waals surface area (Å²) in [5.74, 6) is 0.427. The third kappa shape index (κ3) is 2.40. The SMILES string of the molecule is CC1=C[C@@]2(Nc3cc(C(C)(C)C)ccc3O2)C(C(N)=O)=C(N)O1. The molecule has 2 aliphatic heterocycles. The van der Waals surface area contributed by atoms with Crippen LogP contribution in [0.5, 0.6) is 5.75 Å². The molecule has 0 aromatic heterocycles. The first kappa shape index (κ1) is 15.3. The van der Waals surface area contributed by atoms with E-state index in [0.717, 1.165) is 11.3 Å². The van der Waals surface area contributed by atoms with Crippen LogP contribution in [-0.4, -0.2) is 11.6 Å². The van der Waals surface area contributed by atoms with Crippen molar-refractivity contribution < 1.29 is 14.3 Å². The Morgan fingerprint density at radius 2 is 2.00 bits per heavy atom. The lowest BCUT2D eigenvalue weighted by atomic mass is 9.87. The molecule has 0 aliphatic carbocycles. The number of hydrogen-bond acceptors (Lipinski definition) is 5. The topological polar surface area (TPSA) is 99.6 Å². The molecule has 1 atom stereocenters. The Kier molecular flexibility index (Phi) is 3.11. The van der Waals surface area contributed by atoms with E-state index in [2.05, 4.69) is 26.1 Å². The fraction of sp³-hybridized carbons (Fsp3) is 0.353. The minimum absolute atomic E-state index is 0.00468. The molecule has 0 unspecified atom stereocenters. The van der Waals surface area contributed by atoms with Crippen molar-refractivity contribution in [2.75, 3.05) is 5.32 Å². The van der Waals surface area contributed by atoms with E-state index in [1.54, 1.807) is 13.0 Å². The van der Waals surface area contributed by atoms with Crippen molar-refractivity contribution in [2.24, 2.45) is 11.5 Å². The van der Waals surface area contributed by atoms with Crippen LogP contribution in [-0.2, 0) is 14.9 Å². The summed E-state index contributed by atoms with van der Waals surface area (Å²) in [6, 6.07) is 5.90. The Bertz CT molecular complexity index is 759. The van der Waals surface area contributed by atoms with Crippen molar-refractivity contribution >= 4 is 11.6 Å². The van der Waals surface area contributed by atoms with Crippen LogP contribution in [0.1, 0.15) is 33.3 Å². The second-order valence-corrected chi connectivity index (χ2v) is 6.88. The second-order valence-electron chi connectivity index (χ2n) is 6.88. The van der Waals surface area contributed by atoms with Gasteiger partial charge in [-0.05, 0) is 30.0 Å². The van der Waals surface area contributed by atoms with Crippen molar-refractivity contribution in [3.8, 4) is 5.75 Å². The Hall–Kier alpha value is -2.63. The number of ether oxygens (including phenoxy) is 2. The summed E-state index contributed by atoms with van der Waals surface area (Å²) in [5, 5.41) is 3.24. The number of nitrogens with two attached hydrogens (primary N) is 2. The number of carbonyl (C=O) groups is 1. The second kappa shape index (κ2) is 4.68. The third-order valence-corrected chi connectivity index (χ3v) is 3.98. The molecule has 3 rings (SSSR count). The molecule has 1 aromatic carbocycles. The van der Waals surface area contributed by atoms with Crippen LogP contribution in [0.25, 0.3) is 0 Å². The smallest absolute Gasteiger partial charge is 0.256 e. The first-order chi connectivity index (χ1) is 10.6. The van der Waals surface area contributed by atoms with E-state index in [-0.39, 0.29) is 16.9 Å². The van der Waals surface area contributed by atoms with Gasteiger partial charge in [-0.25, -0.2) is 0 Å². The number of nitrogens with one attached hydrogen (secondary N) is 1. The Morgan fingerprint density at radius 1 is 1.30 bits per heavy atom. The standard InChI is InChI=1S/C17H21N3O3/c1-9-8-17(13(14(18)21)15(19)22-9)20-11-7-10(16(2,3)4)5-6-12(11)23-17/h5-8,20H,19H2,1-4H3,(H2,18,21)/t17-/m0/s1. The molecule has 0 fully saturated rings. The lowest BCUT2D eigenvalue weighted by molar-refractivity contribution is -0.116. The Balaban J connectivity index is 2.08. The van der Waals surface area contributed by atoms with Crippen molar-refractivity contribution in [3.05, 3.63) is 47.1 Å². The monoisotopic (exact) mass is 315 g/mol. The van der Waals surface area contributed by atoms with Crippen LogP contribution in [0.3, 0.4) is 0 Å². The lowest BCUT2D eigenvalue weighted by Crippen LogP contribution is -2.48. The zero-order valence-electron chi connectivity index (χ0n) is 13.7. The van der Waals surface area contributed by atoms with Gasteiger partial charge < -0.3 is 26.3 Å². The van der Waals surface area contributed by atoms with Gasteiger partial charge in [0.25, 0.3) is 5.91 Å². The van der Waals surface area contributed by atoms with Crippen molar-refractivity contribution in [1.82, 2.24) is 0 Å². The van der Waals surface area contributed by atoms with Crippen LogP contribution in [0, 0.1) is 0 Å². The quantitative estimate of drug-likeness (QED) is 0.737. The number of anilines is 1. The van der Waals surface area contributed by atoms with E-state index in [1.807, 2.05) is 18.2 Å². The Labute approximate surface area is 135 Å². The molecule has 1 amide bonds. The largest absolute Gasteiger partial charge is 0.457 e. The minimum atomic E-state index is -1.23. The summed E-state index contributed by atoms with van der Waals surface area (Å²) in [4.78, 5) is 11.9. The van der Waals surface area contributed by atoms with Gasteiger partial charge in [-0.15, -0.1) is 0 Å². The zero-order valence-corrected chi connectivity index (χ0v) is 13.7. The molecule has 122 valence electrons. The van der Waals surface area contributed by atoms with E-state index >= 15 is 0 Å². The van der Waals surface area contributed by atoms with Crippen molar-refractivity contribution in [1.29, 1.82) is 0 Å². The number of hydrogen-bond donors (Lipinski definition) is 3. The number of amides is 1. The predicted octanol–water partition coefficient (Wildman–Crippen LogP) is 2.07. The van der Waals surface area contributed by atoms with Gasteiger partial charge in [0, 0.05) is 6.08 Å². The van der Waals surface area contributed by atoms with Gasteiger partial charge >= 0.3 is 0 Å². The first-order valence-corrected chi connectivity index (χ1v) is 7.41. The molecule has 1 aromatic rings. The fourth-order valence-corrected chi connectivity index (χ4v) is 2.86. The summed E-state index contributed by atoms with van der Waals surface area (Å²) >= 11 is 0. The average Bonchev–Trinajstić information content (AvgIpc) is 2.72. The molecule has 2 heterocycles. The van der Waals surface area contributed by atoms with E-state index < -0.39 is 11.6 Å². The Morgan fingerprint density at radius 3 is 2.61 bits per heavy atom. The molecular weight excluding hydrogens is 294 g/mol. The van der Waals surface area contributed by atoms with Gasteiger partial charge in [-0.1, -0.05) is 26.8 Å². The first-order valence-electron chi connectivity index (χ1n) is 7.41. The fourth-order valence-electron chi connectivity index (χ4n) is 2.86. The van der Waals surface area contributed by atoms with Gasteiger partial charge in [0.2, 0.25) is 11.6 Å². The van der Waals surface area contributed by atoms with Crippen LogP contribution in [0.2, 0.25) is 0 Å². The highest BCUT2D eigenvalue weighted by molar-refractivity contribution is 5.97. The van der Waals surface area contributed by atoms with Crippen LogP contribution in [0.4, 0.5) is 5.69 Å². The molecule has 5 N–H and O–H groups in total. The highest BCUT2D eigenvalue weighted by Crippen LogP contribution is 2.44. The third-order valence-electron chi connectivity index (χ3n) is 3.98. The van der Waals surface area contributed by atoms with E-state index in [1.165, 1.54) is 0 Å². The van der Waals surface area contributed by atoms with Gasteiger partial charge in [0.15, 0.2) is 0 Å². The number of primary amides is 1.